The maximum absolute atomic E-state index is 8.52. The number of aliphatic hydroxyl groups is 1. The van der Waals surface area contributed by atoms with Crippen LogP contribution in [0.25, 0.3) is 0 Å². The molecule has 0 aromatic carbocycles. The van der Waals surface area contributed by atoms with Crippen LogP contribution >= 0.6 is 11.6 Å². The molecule has 0 aromatic rings. The van der Waals surface area contributed by atoms with Gasteiger partial charge in [-0.25, -0.2) is 0 Å². The highest BCUT2D eigenvalue weighted by molar-refractivity contribution is 6.25. The van der Waals surface area contributed by atoms with Gasteiger partial charge in [0.1, 0.15) is 0 Å². The maximum Gasteiger partial charge on any atom is 0.0431 e. The van der Waals surface area contributed by atoms with E-state index in [9.17, 15) is 0 Å². The maximum atomic E-state index is 8.52. The summed E-state index contributed by atoms with van der Waals surface area (Å²) in [6, 6.07) is 0.454. The quantitative estimate of drug-likeness (QED) is 0.645. The fraction of sp³-hybridized carbons (Fsp3) is 0.750. The molecule has 0 aromatic heterocycles. The molecule has 0 amide bonds. The highest BCUT2D eigenvalue weighted by atomic mass is 35.5. The molecule has 0 saturated heterocycles. The Hall–Kier alpha value is -0.0500. The molecule has 0 bridgehead atoms. The van der Waals surface area contributed by atoms with Crippen LogP contribution in [0.4, 0.5) is 0 Å². The summed E-state index contributed by atoms with van der Waals surface area (Å²) in [5.74, 6) is 0. The van der Waals surface area contributed by atoms with Crippen molar-refractivity contribution in [1.29, 1.82) is 0 Å². The van der Waals surface area contributed by atoms with Crippen LogP contribution in [0, 0.1) is 0 Å². The number of hydrogen-bond donors (Lipinski definition) is 2. The molecule has 3 heteroatoms. The average molecular weight is 178 g/mol. The molecular formula is C8H16ClNO. The molecule has 1 atom stereocenters. The average Bonchev–Trinajstić information content (AvgIpc) is 2.01. The van der Waals surface area contributed by atoms with Crippen molar-refractivity contribution in [3.8, 4) is 0 Å². The van der Waals surface area contributed by atoms with Crippen molar-refractivity contribution in [3.05, 3.63) is 11.6 Å². The summed E-state index contributed by atoms with van der Waals surface area (Å²) in [6.45, 7) is 3.17. The predicted molar refractivity (Wildman–Crippen MR) is 48.8 cm³/mol. The van der Waals surface area contributed by atoms with Crippen LogP contribution in [0.15, 0.2) is 11.6 Å². The Labute approximate surface area is 73.3 Å². The third kappa shape index (κ3) is 7.85. The molecule has 0 aliphatic rings. The summed E-state index contributed by atoms with van der Waals surface area (Å²) in [5, 5.41) is 11.8. The van der Waals surface area contributed by atoms with Crippen LogP contribution in [0.3, 0.4) is 0 Å². The number of rotatable bonds is 6. The van der Waals surface area contributed by atoms with Crippen LogP contribution in [-0.4, -0.2) is 24.3 Å². The van der Waals surface area contributed by atoms with E-state index in [1.807, 2.05) is 6.08 Å². The van der Waals surface area contributed by atoms with Gasteiger partial charge in [-0.15, -0.1) is 0 Å². The first-order valence-corrected chi connectivity index (χ1v) is 4.34. The van der Waals surface area contributed by atoms with Gasteiger partial charge in [0.2, 0.25) is 0 Å². The van der Waals surface area contributed by atoms with E-state index in [1.54, 1.807) is 0 Å². The molecule has 0 rings (SSSR count). The second-order valence-electron chi connectivity index (χ2n) is 2.54. The lowest BCUT2D eigenvalue weighted by molar-refractivity contribution is 0.277. The van der Waals surface area contributed by atoms with E-state index < -0.39 is 0 Å². The highest BCUT2D eigenvalue weighted by Gasteiger charge is 1.97. The van der Waals surface area contributed by atoms with Gasteiger partial charge in [-0.05, 0) is 19.8 Å². The van der Waals surface area contributed by atoms with Gasteiger partial charge >= 0.3 is 0 Å². The minimum Gasteiger partial charge on any atom is -0.396 e. The Morgan fingerprint density at radius 3 is 2.91 bits per heavy atom. The molecule has 0 heterocycles. The van der Waals surface area contributed by atoms with Crippen LogP contribution in [0.5, 0.6) is 0 Å². The fourth-order valence-electron chi connectivity index (χ4n) is 0.813. The smallest absolute Gasteiger partial charge is 0.0431 e. The summed E-state index contributed by atoms with van der Waals surface area (Å²) in [6.07, 6.45) is 3.72. The Bertz CT molecular complexity index is 106. The van der Waals surface area contributed by atoms with E-state index >= 15 is 0 Å². The Morgan fingerprint density at radius 2 is 2.36 bits per heavy atom. The van der Waals surface area contributed by atoms with Crippen LogP contribution < -0.4 is 5.32 Å². The Balaban J connectivity index is 3.15. The molecule has 0 aliphatic carbocycles. The number of hydrogen-bond acceptors (Lipinski definition) is 2. The third-order valence-electron chi connectivity index (χ3n) is 1.47. The first-order chi connectivity index (χ1) is 5.31. The van der Waals surface area contributed by atoms with Gasteiger partial charge in [-0.1, -0.05) is 17.7 Å². The summed E-state index contributed by atoms with van der Waals surface area (Å²) < 4.78 is 0. The third-order valence-corrected chi connectivity index (χ3v) is 1.65. The summed E-state index contributed by atoms with van der Waals surface area (Å²) >= 11 is 5.33. The lowest BCUT2D eigenvalue weighted by Crippen LogP contribution is -2.26. The molecule has 2 nitrogen and oxygen atoms in total. The zero-order valence-electron chi connectivity index (χ0n) is 6.89. The van der Waals surface area contributed by atoms with E-state index in [4.69, 9.17) is 16.7 Å². The molecule has 11 heavy (non-hydrogen) atoms. The first-order valence-electron chi connectivity index (χ1n) is 3.90. The Kier molecular flexibility index (Phi) is 8.01. The van der Waals surface area contributed by atoms with Gasteiger partial charge in [0.05, 0.1) is 0 Å². The largest absolute Gasteiger partial charge is 0.396 e. The van der Waals surface area contributed by atoms with Gasteiger partial charge in [0.15, 0.2) is 0 Å². The van der Waals surface area contributed by atoms with Crippen molar-refractivity contribution < 1.29 is 5.11 Å². The van der Waals surface area contributed by atoms with Gasteiger partial charge in [-0.2, -0.15) is 0 Å². The molecule has 0 fully saturated rings. The van der Waals surface area contributed by atoms with Crippen molar-refractivity contribution >= 4 is 11.6 Å². The number of aliphatic hydroxyl groups excluding tert-OH is 1. The second-order valence-corrected chi connectivity index (χ2v) is 2.79. The van der Waals surface area contributed by atoms with Crippen LogP contribution in [0.1, 0.15) is 19.8 Å². The second kappa shape index (κ2) is 8.05. The minimum atomic E-state index is 0.275. The van der Waals surface area contributed by atoms with Gasteiger partial charge in [0.25, 0.3) is 0 Å². The Morgan fingerprint density at radius 1 is 1.64 bits per heavy atom. The summed E-state index contributed by atoms with van der Waals surface area (Å²) in [5.41, 5.74) is 1.51. The van der Waals surface area contributed by atoms with E-state index in [1.165, 1.54) is 5.54 Å². The molecule has 0 radical (unpaired) electrons. The van der Waals surface area contributed by atoms with Crippen molar-refractivity contribution in [3.63, 3.8) is 0 Å². The number of nitrogens with one attached hydrogen (secondary N) is 1. The SMILES string of the molecule is CC(CCCO)NC/C=C/Cl. The zero-order valence-corrected chi connectivity index (χ0v) is 7.64. The topological polar surface area (TPSA) is 32.3 Å². The molecule has 0 spiro atoms. The normalized spacial score (nSPS) is 14.1. The van der Waals surface area contributed by atoms with E-state index in [2.05, 4.69) is 12.2 Å². The van der Waals surface area contributed by atoms with Gasteiger partial charge < -0.3 is 10.4 Å². The van der Waals surface area contributed by atoms with Crippen molar-refractivity contribution in [2.24, 2.45) is 0 Å². The van der Waals surface area contributed by atoms with E-state index in [0.717, 1.165) is 19.4 Å². The van der Waals surface area contributed by atoms with Gasteiger partial charge in [-0.3, -0.25) is 0 Å². The number of halogens is 1. The molecule has 2 N–H and O–H groups in total. The molecule has 66 valence electrons. The zero-order chi connectivity index (χ0) is 8.53. The monoisotopic (exact) mass is 177 g/mol. The molecular weight excluding hydrogens is 162 g/mol. The molecule has 1 unspecified atom stereocenters. The standard InChI is InChI=1S/C8H16ClNO/c1-8(4-2-7-11)10-6-3-5-9/h3,5,8,10-11H,2,4,6-7H2,1H3/b5-3+. The summed E-state index contributed by atoms with van der Waals surface area (Å²) in [7, 11) is 0. The van der Waals surface area contributed by atoms with Crippen LogP contribution in [-0.2, 0) is 0 Å². The minimum absolute atomic E-state index is 0.275. The van der Waals surface area contributed by atoms with Crippen molar-refractivity contribution in [1.82, 2.24) is 5.32 Å². The van der Waals surface area contributed by atoms with Gasteiger partial charge in [0, 0.05) is 24.7 Å². The lowest BCUT2D eigenvalue weighted by Gasteiger charge is -2.10. The lowest BCUT2D eigenvalue weighted by atomic mass is 10.2. The predicted octanol–water partition coefficient (Wildman–Crippen LogP) is 1.49. The van der Waals surface area contributed by atoms with Crippen molar-refractivity contribution in [2.75, 3.05) is 13.2 Å². The van der Waals surface area contributed by atoms with Crippen LogP contribution in [0.2, 0.25) is 0 Å². The summed E-state index contributed by atoms with van der Waals surface area (Å²) in [4.78, 5) is 0. The van der Waals surface area contributed by atoms with Crippen molar-refractivity contribution in [2.45, 2.75) is 25.8 Å². The molecule has 0 saturated carbocycles. The fourth-order valence-corrected chi connectivity index (χ4v) is 0.902. The van der Waals surface area contributed by atoms with E-state index in [-0.39, 0.29) is 6.61 Å². The van der Waals surface area contributed by atoms with E-state index in [0.29, 0.717) is 6.04 Å². The first kappa shape index (κ1) is 11.0. The molecule has 0 aliphatic heterocycles. The highest BCUT2D eigenvalue weighted by Crippen LogP contribution is 1.94.